The highest BCUT2D eigenvalue weighted by Gasteiger charge is 2.13. The molecule has 0 spiro atoms. The van der Waals surface area contributed by atoms with Crippen molar-refractivity contribution >= 4 is 5.97 Å². The molecule has 4 nitrogen and oxygen atoms in total. The van der Waals surface area contributed by atoms with Crippen molar-refractivity contribution in [2.45, 2.75) is 37.9 Å². The maximum atomic E-state index is 10.1. The molecule has 0 bridgehead atoms. The number of hydrogen-bond donors (Lipinski definition) is 3. The summed E-state index contributed by atoms with van der Waals surface area (Å²) in [6.07, 6.45) is -0.714. The lowest BCUT2D eigenvalue weighted by molar-refractivity contribution is -0.139. The lowest BCUT2D eigenvalue weighted by Crippen LogP contribution is -2.20. The molecule has 12 heavy (non-hydrogen) atoms. The number of aliphatic hydroxyl groups excluding tert-OH is 2. The molecule has 0 fully saturated rings. The molecule has 0 heterocycles. The molecule has 0 unspecified atom stereocenters. The number of carboxylic acid groups (broad SMARTS) is 1. The smallest absolute Gasteiger partial charge is 0.305 e. The van der Waals surface area contributed by atoms with E-state index in [-0.39, 0.29) is 12.8 Å². The number of rotatable bonds is 6. The molecular formula is C8H15O4-. The first-order chi connectivity index (χ1) is 5.56. The van der Waals surface area contributed by atoms with Gasteiger partial charge >= 0.3 is 5.97 Å². The Balaban J connectivity index is 3.53. The molecule has 4 heteroatoms. The van der Waals surface area contributed by atoms with E-state index in [1.165, 1.54) is 0 Å². The minimum absolute atomic E-state index is 0.113. The van der Waals surface area contributed by atoms with E-state index < -0.39 is 18.2 Å². The van der Waals surface area contributed by atoms with Gasteiger partial charge in [-0.05, 0) is 6.42 Å². The Morgan fingerprint density at radius 2 is 1.92 bits per heavy atom. The molecule has 3 N–H and O–H groups in total. The van der Waals surface area contributed by atoms with Crippen LogP contribution in [0.5, 0.6) is 0 Å². The molecule has 0 amide bonds. The summed E-state index contributed by atoms with van der Waals surface area (Å²) in [7, 11) is 0. The molecule has 0 saturated heterocycles. The van der Waals surface area contributed by atoms with Gasteiger partial charge in [-0.25, -0.2) is 0 Å². The van der Waals surface area contributed by atoms with Gasteiger partial charge in [-0.15, -0.1) is 0 Å². The molecule has 0 aliphatic heterocycles. The van der Waals surface area contributed by atoms with E-state index in [9.17, 15) is 4.79 Å². The van der Waals surface area contributed by atoms with Crippen LogP contribution in [-0.4, -0.2) is 33.5 Å². The Hall–Kier alpha value is -0.610. The van der Waals surface area contributed by atoms with Crippen LogP contribution in [0.1, 0.15) is 25.7 Å². The predicted molar refractivity (Wildman–Crippen MR) is 43.5 cm³/mol. The van der Waals surface area contributed by atoms with Crippen molar-refractivity contribution in [2.75, 3.05) is 0 Å². The Labute approximate surface area is 71.8 Å². The maximum absolute atomic E-state index is 10.1. The third-order valence-corrected chi connectivity index (χ3v) is 1.49. The van der Waals surface area contributed by atoms with E-state index in [0.29, 0.717) is 12.8 Å². The third-order valence-electron chi connectivity index (χ3n) is 1.49. The van der Waals surface area contributed by atoms with Crippen molar-refractivity contribution in [3.8, 4) is 0 Å². The zero-order valence-corrected chi connectivity index (χ0v) is 6.94. The second-order valence-electron chi connectivity index (χ2n) is 2.78. The summed E-state index contributed by atoms with van der Waals surface area (Å²) in [4.78, 5) is 10.1. The van der Waals surface area contributed by atoms with Gasteiger partial charge in [0.05, 0.1) is 18.6 Å². The normalized spacial score (nSPS) is 15.6. The quantitative estimate of drug-likeness (QED) is 0.503. The van der Waals surface area contributed by atoms with Gasteiger partial charge in [-0.2, -0.15) is 6.42 Å². The van der Waals surface area contributed by atoms with E-state index in [1.54, 1.807) is 0 Å². The van der Waals surface area contributed by atoms with Crippen molar-refractivity contribution in [2.24, 2.45) is 0 Å². The van der Waals surface area contributed by atoms with Gasteiger partial charge in [0.15, 0.2) is 0 Å². The number of hydrogen-bond acceptors (Lipinski definition) is 3. The van der Waals surface area contributed by atoms with Crippen LogP contribution in [0, 0.1) is 6.92 Å². The summed E-state index contributed by atoms with van der Waals surface area (Å²) in [5.74, 6) is -1.05. The van der Waals surface area contributed by atoms with Crippen LogP contribution in [0.3, 0.4) is 0 Å². The summed E-state index contributed by atoms with van der Waals surface area (Å²) in [5, 5.41) is 26.5. The zero-order valence-electron chi connectivity index (χ0n) is 6.94. The van der Waals surface area contributed by atoms with Crippen molar-refractivity contribution in [3.63, 3.8) is 0 Å². The minimum Gasteiger partial charge on any atom is -0.481 e. The topological polar surface area (TPSA) is 77.8 Å². The Morgan fingerprint density at radius 3 is 2.33 bits per heavy atom. The van der Waals surface area contributed by atoms with Crippen LogP contribution < -0.4 is 0 Å². The fourth-order valence-electron chi connectivity index (χ4n) is 0.952. The van der Waals surface area contributed by atoms with Crippen LogP contribution >= 0.6 is 0 Å². The van der Waals surface area contributed by atoms with Crippen LogP contribution in [-0.2, 0) is 4.79 Å². The number of aliphatic hydroxyl groups is 2. The average Bonchev–Trinajstić information content (AvgIpc) is 1.84. The van der Waals surface area contributed by atoms with E-state index in [4.69, 9.17) is 15.3 Å². The highest BCUT2D eigenvalue weighted by molar-refractivity contribution is 5.67. The van der Waals surface area contributed by atoms with E-state index in [2.05, 4.69) is 6.92 Å². The van der Waals surface area contributed by atoms with Crippen molar-refractivity contribution < 1.29 is 20.1 Å². The monoisotopic (exact) mass is 175 g/mol. The highest BCUT2D eigenvalue weighted by atomic mass is 16.4. The highest BCUT2D eigenvalue weighted by Crippen LogP contribution is 2.07. The maximum Gasteiger partial charge on any atom is 0.305 e. The molecule has 72 valence electrons. The van der Waals surface area contributed by atoms with Gasteiger partial charge in [-0.1, -0.05) is 6.42 Å². The number of carboxylic acids is 1. The molecule has 0 aliphatic carbocycles. The fourth-order valence-corrected chi connectivity index (χ4v) is 0.952. The van der Waals surface area contributed by atoms with Gasteiger partial charge in [0, 0.05) is 0 Å². The molecule has 0 aromatic heterocycles. The van der Waals surface area contributed by atoms with Crippen molar-refractivity contribution in [1.29, 1.82) is 0 Å². The Bertz CT molecular complexity index is 135. The van der Waals surface area contributed by atoms with Crippen LogP contribution in [0.2, 0.25) is 0 Å². The second kappa shape index (κ2) is 5.97. The molecule has 0 saturated carbocycles. The minimum atomic E-state index is -1.05. The predicted octanol–water partition coefficient (Wildman–Crippen LogP) is 0.187. The van der Waals surface area contributed by atoms with E-state index in [0.717, 1.165) is 0 Å². The van der Waals surface area contributed by atoms with Crippen LogP contribution in [0.25, 0.3) is 0 Å². The summed E-state index contributed by atoms with van der Waals surface area (Å²) in [5.41, 5.74) is 0. The van der Waals surface area contributed by atoms with Crippen molar-refractivity contribution in [3.05, 3.63) is 6.92 Å². The zero-order chi connectivity index (χ0) is 9.56. The summed E-state index contributed by atoms with van der Waals surface area (Å²) >= 11 is 0. The molecule has 0 radical (unpaired) electrons. The van der Waals surface area contributed by atoms with Gasteiger partial charge in [-0.3, -0.25) is 4.79 Å². The van der Waals surface area contributed by atoms with Gasteiger partial charge in [0.2, 0.25) is 0 Å². The van der Waals surface area contributed by atoms with Gasteiger partial charge in [0.25, 0.3) is 0 Å². The number of aliphatic carboxylic acids is 1. The van der Waals surface area contributed by atoms with Crippen LogP contribution in [0.4, 0.5) is 0 Å². The number of carbonyl (C=O) groups is 1. The fraction of sp³-hybridized carbons (Fsp3) is 0.750. The molecule has 0 aliphatic rings. The molecular weight excluding hydrogens is 160 g/mol. The van der Waals surface area contributed by atoms with Gasteiger partial charge in [0.1, 0.15) is 0 Å². The summed E-state index contributed by atoms with van der Waals surface area (Å²) in [6.45, 7) is 3.54. The third kappa shape index (κ3) is 6.12. The largest absolute Gasteiger partial charge is 0.481 e. The average molecular weight is 175 g/mol. The summed E-state index contributed by atoms with van der Waals surface area (Å²) < 4.78 is 0. The Morgan fingerprint density at radius 1 is 1.33 bits per heavy atom. The lowest BCUT2D eigenvalue weighted by atomic mass is 10.1. The SMILES string of the molecule is [CH2-]CC[C@@H](O)C[C@@H](O)CC(=O)O. The second-order valence-corrected chi connectivity index (χ2v) is 2.78. The first-order valence-corrected chi connectivity index (χ1v) is 3.93. The van der Waals surface area contributed by atoms with Crippen molar-refractivity contribution in [1.82, 2.24) is 0 Å². The molecule has 0 aromatic rings. The standard InChI is InChI=1S/C8H15O4/c1-2-3-6(9)4-7(10)5-8(11)12/h6-7,9-10H,1-5H2,(H,11,12)/q-1/t6-,7-/m1/s1. The molecule has 0 aromatic carbocycles. The van der Waals surface area contributed by atoms with E-state index in [1.807, 2.05) is 0 Å². The first-order valence-electron chi connectivity index (χ1n) is 3.93. The summed E-state index contributed by atoms with van der Waals surface area (Å²) in [6, 6.07) is 0. The van der Waals surface area contributed by atoms with Crippen LogP contribution in [0.15, 0.2) is 0 Å². The Kier molecular flexibility index (Phi) is 5.66. The lowest BCUT2D eigenvalue weighted by Gasteiger charge is -2.13. The van der Waals surface area contributed by atoms with Gasteiger partial charge < -0.3 is 22.2 Å². The molecule has 0 rings (SSSR count). The first kappa shape index (κ1) is 11.4. The van der Waals surface area contributed by atoms with E-state index >= 15 is 0 Å². The molecule has 2 atom stereocenters.